The fourth-order valence-electron chi connectivity index (χ4n) is 3.89. The van der Waals surface area contributed by atoms with Crippen molar-refractivity contribution in [3.05, 3.63) is 72.0 Å². The Balaban J connectivity index is 0.000000287. The predicted octanol–water partition coefficient (Wildman–Crippen LogP) is 3.41. The number of aliphatic hydroxyl groups is 1. The molecule has 0 saturated heterocycles. The zero-order chi connectivity index (χ0) is 28.8. The lowest BCUT2D eigenvalue weighted by molar-refractivity contribution is -0.126. The summed E-state index contributed by atoms with van der Waals surface area (Å²) in [5, 5.41) is 13.9. The molecule has 0 aliphatic heterocycles. The quantitative estimate of drug-likeness (QED) is 0.273. The molecule has 0 radical (unpaired) electrons. The maximum Gasteiger partial charge on any atom is 0.223 e. The number of aliphatic hydroxyl groups excluding tert-OH is 1. The van der Waals surface area contributed by atoms with Crippen LogP contribution in [-0.4, -0.2) is 48.7 Å². The number of carbonyl (C=O) groups is 1. The highest BCUT2D eigenvalue weighted by atomic mass is 19.1. The van der Waals surface area contributed by atoms with Crippen molar-refractivity contribution < 1.29 is 14.3 Å². The number of aryl methyl sites for hydroxylation is 1. The van der Waals surface area contributed by atoms with Crippen molar-refractivity contribution in [3.63, 3.8) is 0 Å². The molecule has 6 N–H and O–H groups in total. The van der Waals surface area contributed by atoms with E-state index < -0.39 is 5.82 Å². The minimum atomic E-state index is -0.399. The summed E-state index contributed by atoms with van der Waals surface area (Å²) < 4.78 is 14.4. The average molecular weight is 540 g/mol. The zero-order valence-corrected chi connectivity index (χ0v) is 22.9. The van der Waals surface area contributed by atoms with Gasteiger partial charge in [-0.3, -0.25) is 4.79 Å². The van der Waals surface area contributed by atoms with Gasteiger partial charge >= 0.3 is 0 Å². The van der Waals surface area contributed by atoms with Crippen LogP contribution in [0.15, 0.2) is 59.9 Å². The number of nitrogens with one attached hydrogen (secondary N) is 1. The number of amides is 1. The molecule has 4 rings (SSSR count). The fraction of sp³-hybridized carbons (Fsp3) is 0.407. The third kappa shape index (κ3) is 10.6. The number of aliphatic imine (C=N–C) groups is 1. The highest BCUT2D eigenvalue weighted by Gasteiger charge is 2.22. The molecule has 1 atom stereocenters. The number of pyridine rings is 1. The van der Waals surface area contributed by atoms with E-state index >= 15 is 0 Å². The Morgan fingerprint density at radius 1 is 1.18 bits per heavy atom. The Kier molecular flexibility index (Phi) is 12.7. The minimum Gasteiger partial charge on any atom is -0.402 e. The molecule has 0 spiro atoms. The lowest BCUT2D eigenvalue weighted by atomic mass is 9.88. The van der Waals surface area contributed by atoms with E-state index in [0.29, 0.717) is 23.2 Å². The van der Waals surface area contributed by atoms with Gasteiger partial charge in [-0.25, -0.2) is 29.0 Å². The van der Waals surface area contributed by atoms with Gasteiger partial charge < -0.3 is 21.9 Å². The Bertz CT molecular complexity index is 1230. The average Bonchev–Trinajstić information content (AvgIpc) is 3.36. The highest BCUT2D eigenvalue weighted by molar-refractivity contribution is 5.93. The van der Waals surface area contributed by atoms with Gasteiger partial charge in [0.1, 0.15) is 12.2 Å². The smallest absolute Gasteiger partial charge is 0.223 e. The highest BCUT2D eigenvalue weighted by Crippen LogP contribution is 2.24. The number of hydrogen-bond acceptors (Lipinski definition) is 8. The van der Waals surface area contributed by atoms with Crippen molar-refractivity contribution in [2.75, 3.05) is 7.11 Å². The minimum absolute atomic E-state index is 0.0969. The maximum absolute atomic E-state index is 13.0. The van der Waals surface area contributed by atoms with Gasteiger partial charge in [0.05, 0.1) is 18.4 Å². The van der Waals surface area contributed by atoms with Gasteiger partial charge in [0.15, 0.2) is 17.5 Å². The lowest BCUT2D eigenvalue weighted by Crippen LogP contribution is -2.33. The monoisotopic (exact) mass is 539 g/mol. The second kappa shape index (κ2) is 15.9. The second-order valence-corrected chi connectivity index (χ2v) is 9.06. The third-order valence-electron chi connectivity index (χ3n) is 5.80. The molecule has 39 heavy (non-hydrogen) atoms. The summed E-state index contributed by atoms with van der Waals surface area (Å²) in [7, 11) is 1.00. The van der Waals surface area contributed by atoms with Crippen molar-refractivity contribution in [1.29, 1.82) is 0 Å². The summed E-state index contributed by atoms with van der Waals surface area (Å²) >= 11 is 0. The van der Waals surface area contributed by atoms with Crippen LogP contribution in [0.2, 0.25) is 0 Å². The first-order valence-corrected chi connectivity index (χ1v) is 12.7. The molecule has 0 bridgehead atoms. The molecular formula is C27H38FN9O2. The van der Waals surface area contributed by atoms with Crippen LogP contribution in [0, 0.1) is 18.7 Å². The van der Waals surface area contributed by atoms with Crippen molar-refractivity contribution >= 4 is 17.6 Å². The largest absolute Gasteiger partial charge is 0.402 e. The van der Waals surface area contributed by atoms with Crippen LogP contribution >= 0.6 is 0 Å². The molecule has 0 unspecified atom stereocenters. The van der Waals surface area contributed by atoms with Crippen LogP contribution in [0.1, 0.15) is 63.3 Å². The molecule has 0 aromatic carbocycles. The number of amidine groups is 1. The molecule has 11 nitrogen and oxygen atoms in total. The Morgan fingerprint density at radius 2 is 1.90 bits per heavy atom. The van der Waals surface area contributed by atoms with Crippen LogP contribution in [0.4, 0.5) is 10.2 Å². The maximum atomic E-state index is 13.0. The van der Waals surface area contributed by atoms with E-state index in [4.69, 9.17) is 16.6 Å². The first-order valence-electron chi connectivity index (χ1n) is 12.7. The summed E-state index contributed by atoms with van der Waals surface area (Å²) in [6.45, 7) is 5.56. The van der Waals surface area contributed by atoms with Gasteiger partial charge in [-0.1, -0.05) is 25.3 Å². The molecule has 12 heteroatoms. The fourth-order valence-corrected chi connectivity index (χ4v) is 3.89. The van der Waals surface area contributed by atoms with Crippen LogP contribution in [0.5, 0.6) is 0 Å². The van der Waals surface area contributed by atoms with Crippen LogP contribution in [0.3, 0.4) is 0 Å². The molecule has 1 fully saturated rings. The Labute approximate surface area is 228 Å². The Hall–Kier alpha value is -4.19. The van der Waals surface area contributed by atoms with E-state index in [1.54, 1.807) is 31.3 Å². The normalized spacial score (nSPS) is 14.8. The molecule has 1 aliphatic rings. The summed E-state index contributed by atoms with van der Waals surface area (Å²) in [5.74, 6) is 1.30. The molecular weight excluding hydrogens is 501 g/mol. The van der Waals surface area contributed by atoms with E-state index in [-0.39, 0.29) is 17.9 Å². The van der Waals surface area contributed by atoms with E-state index in [9.17, 15) is 9.18 Å². The van der Waals surface area contributed by atoms with Crippen molar-refractivity contribution in [1.82, 2.24) is 30.0 Å². The third-order valence-corrected chi connectivity index (χ3v) is 5.80. The van der Waals surface area contributed by atoms with Gasteiger partial charge in [-0.2, -0.15) is 5.10 Å². The molecule has 210 valence electrons. The zero-order valence-electron chi connectivity index (χ0n) is 22.9. The van der Waals surface area contributed by atoms with Gasteiger partial charge in [0.25, 0.3) is 0 Å². The van der Waals surface area contributed by atoms with Gasteiger partial charge in [0, 0.05) is 36.7 Å². The van der Waals surface area contributed by atoms with Crippen molar-refractivity contribution in [3.8, 4) is 5.82 Å². The number of rotatable bonds is 6. The standard InChI is InChI=1S/C17H21FN4O.C9H13N5.CH4O/c1-12(21-17(23)13-5-3-2-4-6-13)14-7-8-16(19-9-14)22-11-15(18)10-20-22;1-6(10)3-8(11)14-9-4-7(2)12-5-13-9;1-2/h7-13H,2-6H2,1H3,(H,21,23);3-5H,10H2,1-2H3,(H2,11,12,13,14);2H,1H3/b;6-3-;/t12-;;/m0../s1. The van der Waals surface area contributed by atoms with Crippen LogP contribution in [0.25, 0.3) is 5.82 Å². The molecule has 3 heterocycles. The number of aromatic nitrogens is 5. The first kappa shape index (κ1) is 31.0. The van der Waals surface area contributed by atoms with E-state index in [0.717, 1.165) is 50.2 Å². The van der Waals surface area contributed by atoms with Gasteiger partial charge in [-0.15, -0.1) is 0 Å². The number of allylic oxidation sites excluding steroid dienone is 1. The number of carbonyl (C=O) groups excluding carboxylic acids is 1. The van der Waals surface area contributed by atoms with Crippen molar-refractivity contribution in [2.45, 2.75) is 58.9 Å². The van der Waals surface area contributed by atoms with Crippen molar-refractivity contribution in [2.24, 2.45) is 22.4 Å². The summed E-state index contributed by atoms with van der Waals surface area (Å²) in [4.78, 5) is 28.5. The molecule has 3 aromatic heterocycles. The summed E-state index contributed by atoms with van der Waals surface area (Å²) in [6, 6.07) is 5.30. The van der Waals surface area contributed by atoms with Crippen LogP contribution < -0.4 is 16.8 Å². The van der Waals surface area contributed by atoms with Gasteiger partial charge in [0.2, 0.25) is 5.91 Å². The molecule has 3 aromatic rings. The number of hydrogen-bond donors (Lipinski definition) is 4. The SMILES string of the molecule is C/C(N)=C/C(N)=Nc1cc(C)ncn1.CO.C[C@H](NC(=O)C1CCCCC1)c1ccc(-n2cc(F)cn2)nc1. The van der Waals surface area contributed by atoms with Gasteiger partial charge in [-0.05, 0) is 51.3 Å². The topological polar surface area (TPSA) is 170 Å². The molecule has 1 aliphatic carbocycles. The number of nitrogens with zero attached hydrogens (tertiary/aromatic N) is 6. The number of nitrogens with two attached hydrogens (primary N) is 2. The summed E-state index contributed by atoms with van der Waals surface area (Å²) in [5.41, 5.74) is 13.4. The lowest BCUT2D eigenvalue weighted by Gasteiger charge is -2.23. The van der Waals surface area contributed by atoms with E-state index in [1.807, 2.05) is 19.9 Å². The Morgan fingerprint density at radius 3 is 2.46 bits per heavy atom. The first-order chi connectivity index (χ1) is 18.7. The predicted molar refractivity (Wildman–Crippen MR) is 149 cm³/mol. The van der Waals surface area contributed by atoms with E-state index in [1.165, 1.54) is 23.6 Å². The molecule has 1 amide bonds. The van der Waals surface area contributed by atoms with E-state index in [2.05, 4.69) is 30.4 Å². The second-order valence-electron chi connectivity index (χ2n) is 9.06. The molecule has 1 saturated carbocycles. The summed E-state index contributed by atoms with van der Waals surface area (Å²) in [6.07, 6.45) is 12.6. The van der Waals surface area contributed by atoms with Crippen LogP contribution in [-0.2, 0) is 4.79 Å². The number of halogens is 1.